The third-order valence-electron chi connectivity index (χ3n) is 3.14. The summed E-state index contributed by atoms with van der Waals surface area (Å²) in [6.45, 7) is 0. The molecule has 1 nitrogen and oxygen atoms in total. The molecule has 2 aromatic rings. The Balaban J connectivity index is 1.88. The van der Waals surface area contributed by atoms with Gasteiger partial charge in [-0.3, -0.25) is 0 Å². The highest BCUT2D eigenvalue weighted by Crippen LogP contribution is 2.35. The molecule has 0 amide bonds. The largest absolute Gasteiger partial charge is 0.485 e. The summed E-state index contributed by atoms with van der Waals surface area (Å²) in [6, 6.07) is 16.7. The number of aryl methyl sites for hydroxylation is 1. The van der Waals surface area contributed by atoms with Gasteiger partial charge in [0.05, 0.1) is 0 Å². The van der Waals surface area contributed by atoms with Gasteiger partial charge >= 0.3 is 0 Å². The molecule has 3 rings (SSSR count). The number of ether oxygens (including phenoxy) is 1. The lowest BCUT2D eigenvalue weighted by atomic mass is 9.98. The second-order valence-electron chi connectivity index (χ2n) is 4.31. The van der Waals surface area contributed by atoms with Crippen LogP contribution < -0.4 is 4.74 Å². The first-order valence-corrected chi connectivity index (χ1v) is 6.62. The fourth-order valence-electron chi connectivity index (χ4n) is 2.26. The van der Waals surface area contributed by atoms with E-state index >= 15 is 0 Å². The first-order chi connectivity index (χ1) is 8.33. The third-order valence-corrected chi connectivity index (χ3v) is 3.63. The lowest BCUT2D eigenvalue weighted by molar-refractivity contribution is 0.176. The Morgan fingerprint density at radius 3 is 2.71 bits per heavy atom. The molecule has 0 saturated carbocycles. The standard InChI is InChI=1S/C15H13BrO/c16-13-7-9-15-12(10-13)6-8-14(17-15)11-4-2-1-3-5-11/h1-5,7,9-10,14H,6,8H2. The van der Waals surface area contributed by atoms with E-state index < -0.39 is 0 Å². The van der Waals surface area contributed by atoms with Gasteiger partial charge in [0.1, 0.15) is 11.9 Å². The Bertz CT molecular complexity index is 522. The molecule has 1 heterocycles. The zero-order valence-corrected chi connectivity index (χ0v) is 11.0. The van der Waals surface area contributed by atoms with Crippen LogP contribution >= 0.6 is 15.9 Å². The van der Waals surface area contributed by atoms with Crippen LogP contribution in [0.1, 0.15) is 23.7 Å². The number of benzene rings is 2. The van der Waals surface area contributed by atoms with Gasteiger partial charge in [0.2, 0.25) is 0 Å². The molecular formula is C15H13BrO. The van der Waals surface area contributed by atoms with Gasteiger partial charge in [-0.2, -0.15) is 0 Å². The van der Waals surface area contributed by atoms with Crippen LogP contribution in [0.5, 0.6) is 5.75 Å². The van der Waals surface area contributed by atoms with Crippen molar-refractivity contribution >= 4 is 15.9 Å². The minimum Gasteiger partial charge on any atom is -0.485 e. The van der Waals surface area contributed by atoms with Crippen molar-refractivity contribution in [1.82, 2.24) is 0 Å². The molecular weight excluding hydrogens is 276 g/mol. The SMILES string of the molecule is Brc1ccc2c(c1)CCC(c1ccccc1)O2. The van der Waals surface area contributed by atoms with Crippen LogP contribution in [0, 0.1) is 0 Å². The number of fused-ring (bicyclic) bond motifs is 1. The van der Waals surface area contributed by atoms with Gasteiger partial charge in [-0.15, -0.1) is 0 Å². The molecule has 1 unspecified atom stereocenters. The maximum atomic E-state index is 6.05. The average molecular weight is 289 g/mol. The minimum atomic E-state index is 0.199. The highest BCUT2D eigenvalue weighted by atomic mass is 79.9. The predicted molar refractivity (Wildman–Crippen MR) is 72.3 cm³/mol. The molecule has 0 aliphatic carbocycles. The van der Waals surface area contributed by atoms with E-state index in [9.17, 15) is 0 Å². The summed E-state index contributed by atoms with van der Waals surface area (Å²) in [5.41, 5.74) is 2.56. The van der Waals surface area contributed by atoms with Crippen molar-refractivity contribution in [1.29, 1.82) is 0 Å². The Labute approximate surface area is 110 Å². The van der Waals surface area contributed by atoms with Crippen LogP contribution in [0.3, 0.4) is 0 Å². The maximum absolute atomic E-state index is 6.05. The quantitative estimate of drug-likeness (QED) is 0.750. The fourth-order valence-corrected chi connectivity index (χ4v) is 2.67. The highest BCUT2D eigenvalue weighted by Gasteiger charge is 2.20. The summed E-state index contributed by atoms with van der Waals surface area (Å²) in [5.74, 6) is 1.02. The molecule has 1 aliphatic rings. The second kappa shape index (κ2) is 4.53. The Morgan fingerprint density at radius 1 is 1.06 bits per heavy atom. The van der Waals surface area contributed by atoms with Crippen LogP contribution in [0.4, 0.5) is 0 Å². The van der Waals surface area contributed by atoms with Gasteiger partial charge in [-0.05, 0) is 42.2 Å². The Kier molecular flexibility index (Phi) is 2.89. The van der Waals surface area contributed by atoms with E-state index in [-0.39, 0.29) is 6.10 Å². The Hall–Kier alpha value is -1.28. The van der Waals surface area contributed by atoms with Crippen LogP contribution in [0.2, 0.25) is 0 Å². The van der Waals surface area contributed by atoms with Crippen LogP contribution in [-0.2, 0) is 6.42 Å². The Morgan fingerprint density at radius 2 is 1.88 bits per heavy atom. The topological polar surface area (TPSA) is 9.23 Å². The second-order valence-corrected chi connectivity index (χ2v) is 5.22. The summed E-state index contributed by atoms with van der Waals surface area (Å²) < 4.78 is 7.18. The fraction of sp³-hybridized carbons (Fsp3) is 0.200. The summed E-state index contributed by atoms with van der Waals surface area (Å²) in [7, 11) is 0. The highest BCUT2D eigenvalue weighted by molar-refractivity contribution is 9.10. The monoisotopic (exact) mass is 288 g/mol. The number of halogens is 1. The molecule has 0 N–H and O–H groups in total. The molecule has 0 bridgehead atoms. The molecule has 0 fully saturated rings. The van der Waals surface area contributed by atoms with Crippen molar-refractivity contribution < 1.29 is 4.74 Å². The van der Waals surface area contributed by atoms with Gasteiger partial charge in [0.25, 0.3) is 0 Å². The van der Waals surface area contributed by atoms with Gasteiger partial charge in [-0.25, -0.2) is 0 Å². The van der Waals surface area contributed by atoms with Crippen LogP contribution in [0.15, 0.2) is 53.0 Å². The zero-order valence-electron chi connectivity index (χ0n) is 9.40. The van der Waals surface area contributed by atoms with Crippen LogP contribution in [-0.4, -0.2) is 0 Å². The van der Waals surface area contributed by atoms with E-state index in [2.05, 4.69) is 52.3 Å². The number of rotatable bonds is 1. The van der Waals surface area contributed by atoms with E-state index in [4.69, 9.17) is 4.74 Å². The van der Waals surface area contributed by atoms with Crippen molar-refractivity contribution in [3.63, 3.8) is 0 Å². The van der Waals surface area contributed by atoms with E-state index in [1.807, 2.05) is 12.1 Å². The molecule has 1 aliphatic heterocycles. The van der Waals surface area contributed by atoms with E-state index in [1.54, 1.807) is 0 Å². The molecule has 0 radical (unpaired) electrons. The predicted octanol–water partition coefficient (Wildman–Crippen LogP) is 4.52. The zero-order chi connectivity index (χ0) is 11.7. The van der Waals surface area contributed by atoms with Crippen LogP contribution in [0.25, 0.3) is 0 Å². The lowest BCUT2D eigenvalue weighted by Gasteiger charge is -2.26. The molecule has 2 heteroatoms. The van der Waals surface area contributed by atoms with E-state index in [0.717, 1.165) is 23.1 Å². The first-order valence-electron chi connectivity index (χ1n) is 5.83. The number of hydrogen-bond donors (Lipinski definition) is 0. The van der Waals surface area contributed by atoms with E-state index in [0.29, 0.717) is 0 Å². The normalized spacial score (nSPS) is 18.3. The molecule has 0 spiro atoms. The van der Waals surface area contributed by atoms with Gasteiger partial charge in [-0.1, -0.05) is 46.3 Å². The molecule has 17 heavy (non-hydrogen) atoms. The molecule has 2 aromatic carbocycles. The first kappa shape index (κ1) is 10.8. The van der Waals surface area contributed by atoms with Crippen molar-refractivity contribution in [3.05, 3.63) is 64.1 Å². The smallest absolute Gasteiger partial charge is 0.124 e. The molecule has 0 aromatic heterocycles. The van der Waals surface area contributed by atoms with E-state index in [1.165, 1.54) is 11.1 Å². The van der Waals surface area contributed by atoms with Crippen molar-refractivity contribution in [2.24, 2.45) is 0 Å². The third kappa shape index (κ3) is 2.22. The summed E-state index contributed by atoms with van der Waals surface area (Å²) in [4.78, 5) is 0. The minimum absolute atomic E-state index is 0.199. The number of hydrogen-bond acceptors (Lipinski definition) is 1. The van der Waals surface area contributed by atoms with Gasteiger partial charge < -0.3 is 4.74 Å². The molecule has 1 atom stereocenters. The van der Waals surface area contributed by atoms with Crippen molar-refractivity contribution in [2.75, 3.05) is 0 Å². The summed E-state index contributed by atoms with van der Waals surface area (Å²) in [5, 5.41) is 0. The molecule has 0 saturated heterocycles. The average Bonchev–Trinajstić information content (AvgIpc) is 2.39. The maximum Gasteiger partial charge on any atom is 0.124 e. The van der Waals surface area contributed by atoms with Crippen molar-refractivity contribution in [3.8, 4) is 5.75 Å². The molecule has 86 valence electrons. The van der Waals surface area contributed by atoms with Gasteiger partial charge in [0.15, 0.2) is 0 Å². The van der Waals surface area contributed by atoms with Crippen molar-refractivity contribution in [2.45, 2.75) is 18.9 Å². The lowest BCUT2D eigenvalue weighted by Crippen LogP contribution is -2.14. The summed E-state index contributed by atoms with van der Waals surface area (Å²) in [6.07, 6.45) is 2.33. The summed E-state index contributed by atoms with van der Waals surface area (Å²) >= 11 is 3.49. The van der Waals surface area contributed by atoms with Gasteiger partial charge in [0, 0.05) is 4.47 Å².